The zero-order chi connectivity index (χ0) is 62.1. The molecule has 5 rings (SSSR count). The molecule has 82 heavy (non-hydrogen) atoms. The van der Waals surface area contributed by atoms with Gasteiger partial charge in [-0.1, -0.05) is 0 Å². The number of hydrogen-bond acceptors (Lipinski definition) is 20. The Morgan fingerprint density at radius 2 is 0.780 bits per heavy atom. The number of carbonyl (C=O) groups is 7. The van der Waals surface area contributed by atoms with Crippen molar-refractivity contribution < 1.29 is 96.4 Å². The number of carboxylic acids is 1. The van der Waals surface area contributed by atoms with E-state index in [1.165, 1.54) is 12.2 Å². The molecule has 23 heteroatoms. The largest absolute Gasteiger partial charge is 0.479 e. The van der Waals surface area contributed by atoms with E-state index >= 15 is 0 Å². The molecular weight excluding hydrogens is 1090 g/mol. The number of nitrogens with zero attached hydrogens (tertiary/aromatic N) is 1. The highest BCUT2D eigenvalue weighted by atomic mass is 35.5. The highest BCUT2D eigenvalue weighted by molar-refractivity contribution is 5.85. The van der Waals surface area contributed by atoms with Gasteiger partial charge in [-0.3, -0.25) is 33.6 Å². The van der Waals surface area contributed by atoms with Gasteiger partial charge in [0.1, 0.15) is 34.6 Å². The van der Waals surface area contributed by atoms with E-state index in [4.69, 9.17) is 63.4 Å². The molecule has 5 fully saturated rings. The van der Waals surface area contributed by atoms with E-state index in [0.29, 0.717) is 84.4 Å². The first-order valence-corrected chi connectivity index (χ1v) is 28.9. The summed E-state index contributed by atoms with van der Waals surface area (Å²) >= 11 is 0. The molecule has 480 valence electrons. The van der Waals surface area contributed by atoms with Crippen molar-refractivity contribution in [3.05, 3.63) is 0 Å². The van der Waals surface area contributed by atoms with Gasteiger partial charge >= 0.3 is 29.8 Å². The van der Waals surface area contributed by atoms with E-state index in [1.54, 1.807) is 27.8 Å². The number of aliphatic hydroxyl groups excluding tert-OH is 2. The van der Waals surface area contributed by atoms with Crippen LogP contribution in [0.15, 0.2) is 0 Å². The van der Waals surface area contributed by atoms with Crippen molar-refractivity contribution in [3.63, 3.8) is 0 Å². The molecule has 0 unspecified atom stereocenters. The number of hydrogen-bond donors (Lipinski definition) is 4. The van der Waals surface area contributed by atoms with Crippen LogP contribution in [0.2, 0.25) is 0 Å². The predicted molar refractivity (Wildman–Crippen MR) is 307 cm³/mol. The number of Topliss-reactive ketones (excluding diaryl/α,β-unsaturated/α-hetero) is 1. The molecule has 22 nitrogen and oxygen atoms in total. The summed E-state index contributed by atoms with van der Waals surface area (Å²) in [4.78, 5) is 84.9. The van der Waals surface area contributed by atoms with Crippen molar-refractivity contribution in [1.29, 1.82) is 0 Å². The smallest absolute Gasteiger partial charge is 0.332 e. The summed E-state index contributed by atoms with van der Waals surface area (Å²) in [6, 6.07) is 0.176. The van der Waals surface area contributed by atoms with E-state index in [2.05, 4.69) is 0 Å². The lowest BCUT2D eigenvalue weighted by molar-refractivity contribution is -0.185. The topological polar surface area (TPSA) is 302 Å². The van der Waals surface area contributed by atoms with Gasteiger partial charge in [0.05, 0.1) is 90.2 Å². The zero-order valence-corrected chi connectivity index (χ0v) is 53.4. The number of nitrogens with two attached hydrogens (primary N) is 1. The van der Waals surface area contributed by atoms with Crippen LogP contribution >= 0.6 is 12.4 Å². The van der Waals surface area contributed by atoms with E-state index in [1.807, 2.05) is 83.1 Å². The van der Waals surface area contributed by atoms with Gasteiger partial charge in [-0.25, -0.2) is 9.86 Å². The van der Waals surface area contributed by atoms with Gasteiger partial charge in [0, 0.05) is 13.1 Å². The minimum absolute atomic E-state index is 0. The Balaban J connectivity index is 0.00000101. The van der Waals surface area contributed by atoms with Crippen LogP contribution in [0, 0.1) is 23.7 Å². The standard InChI is InChI=1S/C14H25NO5.C13H24O4.C13H22O4.C12H20O5.C7H15NO2.ClH/c1-14(2,3)20-12(16)8-10-6-7-11(19-9-10)13(17)15(4)18-5;2*1-9(14)11-6-5-10(8-16-11)7-12(15)17-13(2,3)4;1-12(2,3)17-10(13)6-8-4-5-9(11(14)15)16-7-8;1-5(9)7-3-2-6(8)4-10-7;/h10-11H,6-9H2,1-5H3;9-11,14H,5-8H2,1-4H3;10-11H,5-8H2,1-4H3;8-9H,4-7H2,1-3H3,(H,14,15);5-7,9H,2-4,8H2,1H3;1H/t10-,11-;9-,10+,11+;10-,11-;8-,9-;5-,6-,7+;/m01001./s1. The van der Waals surface area contributed by atoms with Crippen molar-refractivity contribution in [2.45, 2.75) is 265 Å². The van der Waals surface area contributed by atoms with Gasteiger partial charge in [0.15, 0.2) is 11.9 Å². The molecule has 0 saturated carbocycles. The third kappa shape index (κ3) is 37.0. The summed E-state index contributed by atoms with van der Waals surface area (Å²) in [5, 5.41) is 28.4. The number of ether oxygens (including phenoxy) is 9. The fourth-order valence-electron chi connectivity index (χ4n) is 8.92. The normalized spacial score (nSPS) is 26.5. The predicted octanol–water partition coefficient (Wildman–Crippen LogP) is 7.42. The van der Waals surface area contributed by atoms with Gasteiger partial charge in [-0.2, -0.15) is 0 Å². The third-order valence-electron chi connectivity index (χ3n) is 13.0. The molecule has 0 radical (unpaired) electrons. The average Bonchev–Trinajstić information content (AvgIpc) is 3.33. The van der Waals surface area contributed by atoms with Crippen molar-refractivity contribution in [1.82, 2.24) is 5.06 Å². The Bertz CT molecular complexity index is 1810. The van der Waals surface area contributed by atoms with E-state index < -0.39 is 46.7 Å². The number of ketones is 1. The molecular formula is C59H107ClN2O20. The van der Waals surface area contributed by atoms with Gasteiger partial charge in [0.25, 0.3) is 5.91 Å². The van der Waals surface area contributed by atoms with Crippen LogP contribution in [0.25, 0.3) is 0 Å². The van der Waals surface area contributed by atoms with Gasteiger partial charge in [0.2, 0.25) is 0 Å². The van der Waals surface area contributed by atoms with Crippen LogP contribution in [0.3, 0.4) is 0 Å². The maximum Gasteiger partial charge on any atom is 0.332 e. The van der Waals surface area contributed by atoms with Gasteiger partial charge < -0.3 is 63.7 Å². The van der Waals surface area contributed by atoms with E-state index in [9.17, 15) is 38.7 Å². The van der Waals surface area contributed by atoms with Crippen LogP contribution in [0.1, 0.15) is 194 Å². The second kappa shape index (κ2) is 37.8. The minimum atomic E-state index is -0.930. The zero-order valence-electron chi connectivity index (χ0n) is 52.6. The fraction of sp³-hybridized carbons (Fsp3) is 0.881. The summed E-state index contributed by atoms with van der Waals surface area (Å²) in [6.45, 7) is 29.5. The summed E-state index contributed by atoms with van der Waals surface area (Å²) in [6.07, 6.45) is 6.75. The Morgan fingerprint density at radius 3 is 1.01 bits per heavy atom. The molecule has 12 atom stereocenters. The molecule has 0 aliphatic carbocycles. The first kappa shape index (κ1) is 78.4. The first-order chi connectivity index (χ1) is 37.3. The van der Waals surface area contributed by atoms with Crippen molar-refractivity contribution in [2.24, 2.45) is 29.4 Å². The third-order valence-corrected chi connectivity index (χ3v) is 13.0. The molecule has 1 amide bonds. The van der Waals surface area contributed by atoms with Gasteiger partial charge in [-0.05, 0) is 192 Å². The second-order valence-electron chi connectivity index (χ2n) is 25.9. The van der Waals surface area contributed by atoms with Crippen LogP contribution < -0.4 is 5.73 Å². The lowest BCUT2D eigenvalue weighted by atomic mass is 9.94. The van der Waals surface area contributed by atoms with Crippen LogP contribution in [-0.2, 0) is 81.0 Å². The number of halogens is 1. The molecule has 0 aromatic heterocycles. The summed E-state index contributed by atoms with van der Waals surface area (Å²) in [7, 11) is 2.99. The molecule has 5 N–H and O–H groups in total. The monoisotopic (exact) mass is 1200 g/mol. The number of esters is 4. The molecule has 5 aliphatic heterocycles. The molecule has 0 bridgehead atoms. The fourth-order valence-corrected chi connectivity index (χ4v) is 8.92. The number of aliphatic carboxylic acids is 1. The van der Waals surface area contributed by atoms with Crippen molar-refractivity contribution in [3.8, 4) is 0 Å². The Labute approximate surface area is 495 Å². The number of likely N-dealkylation sites (N-methyl/N-ethyl adjacent to an activating group) is 1. The van der Waals surface area contributed by atoms with Crippen LogP contribution in [-0.4, -0.2) is 180 Å². The molecule has 5 aliphatic rings. The highest BCUT2D eigenvalue weighted by Crippen LogP contribution is 2.28. The number of amides is 1. The average molecular weight is 1200 g/mol. The minimum Gasteiger partial charge on any atom is -0.479 e. The summed E-state index contributed by atoms with van der Waals surface area (Å²) in [5.74, 6) is -1.29. The lowest BCUT2D eigenvalue weighted by Gasteiger charge is -2.30. The molecule has 5 saturated heterocycles. The molecule has 5 heterocycles. The quantitative estimate of drug-likeness (QED) is 0.0747. The first-order valence-electron chi connectivity index (χ1n) is 28.9. The second-order valence-corrected chi connectivity index (χ2v) is 25.9. The Hall–Kier alpha value is -3.58. The Kier molecular flexibility index (Phi) is 36.1. The SMILES string of the molecule is CC(=O)[C@@H]1CC[C@@H](CC(=O)OC(C)(C)C)CO1.CC(C)(C)OC(=O)C[C@@H]1CC[C@@H](C(=O)O)OC1.CON(C)C(=O)[C@@H]1CC[C@@H](CC(=O)OC(C)(C)C)CO1.C[C@@H](O)[C@@H]1CC[C@@H](CC(=O)OC(C)(C)C)CO1.C[C@@H](O)[C@@H]1CC[C@@H](N)CO1.Cl. The number of aliphatic hydroxyl groups is 2. The summed E-state index contributed by atoms with van der Waals surface area (Å²) < 4.78 is 47.9. The van der Waals surface area contributed by atoms with E-state index in [0.717, 1.165) is 38.5 Å². The molecule has 0 aromatic carbocycles. The number of rotatable bonds is 14. The summed E-state index contributed by atoms with van der Waals surface area (Å²) in [5.41, 5.74) is 3.79. The highest BCUT2D eigenvalue weighted by Gasteiger charge is 2.34. The van der Waals surface area contributed by atoms with E-state index in [-0.39, 0.29) is 102 Å². The maximum absolute atomic E-state index is 11.8. The van der Waals surface area contributed by atoms with Gasteiger partial charge in [-0.15, -0.1) is 12.4 Å². The van der Waals surface area contributed by atoms with Crippen LogP contribution in [0.4, 0.5) is 0 Å². The molecule has 0 spiro atoms. The van der Waals surface area contributed by atoms with Crippen LogP contribution in [0.5, 0.6) is 0 Å². The van der Waals surface area contributed by atoms with Crippen molar-refractivity contribution in [2.75, 3.05) is 47.2 Å². The number of carbonyl (C=O) groups excluding carboxylic acids is 6. The van der Waals surface area contributed by atoms with Crippen molar-refractivity contribution >= 4 is 53.9 Å². The number of carboxylic acid groups (broad SMARTS) is 1. The maximum atomic E-state index is 11.8. The number of hydroxylamine groups is 2. The Morgan fingerprint density at radius 1 is 0.488 bits per heavy atom. The molecule has 0 aromatic rings. The lowest BCUT2D eigenvalue weighted by Crippen LogP contribution is -2.41.